The largest absolute Gasteiger partial charge is 0.305 e. The fourth-order valence-corrected chi connectivity index (χ4v) is 4.90. The minimum absolute atomic E-state index is 0.612. The van der Waals surface area contributed by atoms with E-state index < -0.39 is 0 Å². The summed E-state index contributed by atoms with van der Waals surface area (Å²) in [6, 6.07) is 4.32. The van der Waals surface area contributed by atoms with E-state index in [9.17, 15) is 0 Å². The third-order valence-corrected chi connectivity index (χ3v) is 6.14. The Morgan fingerprint density at radius 2 is 1.80 bits per heavy atom. The number of hydrogen-bond donors (Lipinski definition) is 0. The molecule has 0 aromatic carbocycles. The van der Waals surface area contributed by atoms with Crippen LogP contribution in [0.4, 0.5) is 0 Å². The maximum Gasteiger partial charge on any atom is 0.115 e. The van der Waals surface area contributed by atoms with Crippen LogP contribution in [0.1, 0.15) is 37.2 Å². The molecule has 0 unspecified atom stereocenters. The van der Waals surface area contributed by atoms with Crippen molar-refractivity contribution < 1.29 is 0 Å². The van der Waals surface area contributed by atoms with Gasteiger partial charge in [-0.2, -0.15) is 5.10 Å². The predicted octanol–water partition coefficient (Wildman–Crippen LogP) is 3.38. The average molecular weight is 333 g/mol. The average Bonchev–Trinajstić information content (AvgIpc) is 3.05. The zero-order chi connectivity index (χ0) is 16.9. The summed E-state index contributed by atoms with van der Waals surface area (Å²) in [6.45, 7) is 2.57. The normalized spacial score (nSPS) is 20.8. The topological polar surface area (TPSA) is 46.3 Å². The van der Waals surface area contributed by atoms with E-state index in [4.69, 9.17) is 0 Å². The van der Waals surface area contributed by atoms with Crippen molar-refractivity contribution in [1.82, 2.24) is 24.5 Å². The smallest absolute Gasteiger partial charge is 0.115 e. The Bertz CT molecular complexity index is 885. The maximum absolute atomic E-state index is 4.59. The quantitative estimate of drug-likeness (QED) is 0.721. The molecule has 0 bridgehead atoms. The second kappa shape index (κ2) is 5.63. The van der Waals surface area contributed by atoms with E-state index in [0.29, 0.717) is 11.3 Å². The van der Waals surface area contributed by atoms with E-state index in [1.807, 2.05) is 23.1 Å². The maximum atomic E-state index is 4.59. The molecule has 5 rings (SSSR count). The summed E-state index contributed by atoms with van der Waals surface area (Å²) in [4.78, 5) is 10.7. The van der Waals surface area contributed by atoms with Crippen molar-refractivity contribution >= 4 is 5.52 Å². The zero-order valence-corrected chi connectivity index (χ0v) is 14.6. The Labute approximate surface area is 147 Å². The van der Waals surface area contributed by atoms with E-state index in [2.05, 4.69) is 45.3 Å². The van der Waals surface area contributed by atoms with Gasteiger partial charge in [-0.05, 0) is 61.8 Å². The minimum Gasteiger partial charge on any atom is -0.305 e. The first-order valence-corrected chi connectivity index (χ1v) is 9.14. The SMILES string of the molecule is CN1CC2(CCC(c3cnn4ccc(-c5cncnc5)cc34)CC2)C1. The van der Waals surface area contributed by atoms with Gasteiger partial charge in [0.15, 0.2) is 0 Å². The number of hydrogen-bond acceptors (Lipinski definition) is 4. The molecule has 25 heavy (non-hydrogen) atoms. The van der Waals surface area contributed by atoms with Crippen LogP contribution in [-0.2, 0) is 0 Å². The molecule has 5 nitrogen and oxygen atoms in total. The second-order valence-corrected chi connectivity index (χ2v) is 7.92. The van der Waals surface area contributed by atoms with Gasteiger partial charge in [0.05, 0.1) is 11.7 Å². The van der Waals surface area contributed by atoms with Crippen LogP contribution in [0, 0.1) is 5.41 Å². The zero-order valence-electron chi connectivity index (χ0n) is 14.6. The van der Waals surface area contributed by atoms with E-state index >= 15 is 0 Å². The molecule has 1 spiro atoms. The number of nitrogens with zero attached hydrogens (tertiary/aromatic N) is 5. The van der Waals surface area contributed by atoms with Gasteiger partial charge in [-0.3, -0.25) is 0 Å². The van der Waals surface area contributed by atoms with Crippen molar-refractivity contribution in [3.05, 3.63) is 48.8 Å². The second-order valence-electron chi connectivity index (χ2n) is 7.92. The molecular weight excluding hydrogens is 310 g/mol. The van der Waals surface area contributed by atoms with Crippen LogP contribution in [0.15, 0.2) is 43.2 Å². The Balaban J connectivity index is 1.44. The van der Waals surface area contributed by atoms with Crippen LogP contribution in [0.3, 0.4) is 0 Å². The monoisotopic (exact) mass is 333 g/mol. The van der Waals surface area contributed by atoms with Crippen LogP contribution >= 0.6 is 0 Å². The van der Waals surface area contributed by atoms with E-state index in [1.165, 1.54) is 49.9 Å². The van der Waals surface area contributed by atoms with Gasteiger partial charge in [0.25, 0.3) is 0 Å². The lowest BCUT2D eigenvalue weighted by atomic mass is 9.65. The van der Waals surface area contributed by atoms with Crippen molar-refractivity contribution in [2.45, 2.75) is 31.6 Å². The van der Waals surface area contributed by atoms with E-state index in [1.54, 1.807) is 6.33 Å². The van der Waals surface area contributed by atoms with Crippen molar-refractivity contribution in [2.24, 2.45) is 5.41 Å². The van der Waals surface area contributed by atoms with Crippen LogP contribution in [0.25, 0.3) is 16.6 Å². The van der Waals surface area contributed by atoms with Gasteiger partial charge in [-0.25, -0.2) is 14.5 Å². The van der Waals surface area contributed by atoms with Crippen LogP contribution in [-0.4, -0.2) is 44.6 Å². The summed E-state index contributed by atoms with van der Waals surface area (Å²) in [6.07, 6.45) is 14.7. The molecule has 1 aliphatic carbocycles. The molecular formula is C20H23N5. The molecule has 3 aromatic heterocycles. The van der Waals surface area contributed by atoms with Crippen molar-refractivity contribution in [3.63, 3.8) is 0 Å². The molecule has 1 aliphatic heterocycles. The highest BCUT2D eigenvalue weighted by Crippen LogP contribution is 2.48. The molecule has 3 aromatic rings. The molecule has 2 fully saturated rings. The number of likely N-dealkylation sites (tertiary alicyclic amines) is 1. The standard InChI is InChI=1S/C20H23N5/c1-24-12-20(13-24)5-2-15(3-6-20)18-11-23-25-7-4-16(8-19(18)25)17-9-21-14-22-10-17/h4,7-11,14-15H,2-3,5-6,12-13H2,1H3. The van der Waals surface area contributed by atoms with Crippen LogP contribution < -0.4 is 0 Å². The summed E-state index contributed by atoms with van der Waals surface area (Å²) >= 11 is 0. The van der Waals surface area contributed by atoms with Gasteiger partial charge < -0.3 is 4.90 Å². The Kier molecular flexibility index (Phi) is 3.38. The Morgan fingerprint density at radius 1 is 1.04 bits per heavy atom. The molecule has 128 valence electrons. The van der Waals surface area contributed by atoms with Crippen LogP contribution in [0.2, 0.25) is 0 Å². The van der Waals surface area contributed by atoms with Gasteiger partial charge >= 0.3 is 0 Å². The van der Waals surface area contributed by atoms with Crippen LogP contribution in [0.5, 0.6) is 0 Å². The summed E-state index contributed by atoms with van der Waals surface area (Å²) in [7, 11) is 2.23. The third-order valence-electron chi connectivity index (χ3n) is 6.14. The molecule has 2 aliphatic rings. The summed E-state index contributed by atoms with van der Waals surface area (Å²) < 4.78 is 2.00. The first-order chi connectivity index (χ1) is 12.2. The minimum atomic E-state index is 0.612. The Hall–Kier alpha value is -2.27. The highest BCUT2D eigenvalue weighted by atomic mass is 15.2. The molecule has 1 saturated heterocycles. The summed E-state index contributed by atoms with van der Waals surface area (Å²) in [5, 5.41) is 4.59. The molecule has 5 heteroatoms. The highest BCUT2D eigenvalue weighted by Gasteiger charge is 2.43. The van der Waals surface area contributed by atoms with Crippen molar-refractivity contribution in [2.75, 3.05) is 20.1 Å². The number of rotatable bonds is 2. The lowest BCUT2D eigenvalue weighted by molar-refractivity contribution is -0.0136. The number of aromatic nitrogens is 4. The van der Waals surface area contributed by atoms with Crippen molar-refractivity contribution in [1.29, 1.82) is 0 Å². The summed E-state index contributed by atoms with van der Waals surface area (Å²) in [5.74, 6) is 0.635. The van der Waals surface area contributed by atoms with E-state index in [0.717, 1.165) is 11.1 Å². The highest BCUT2D eigenvalue weighted by molar-refractivity contribution is 5.69. The molecule has 0 radical (unpaired) electrons. The van der Waals surface area contributed by atoms with E-state index in [-0.39, 0.29) is 0 Å². The Morgan fingerprint density at radius 3 is 2.52 bits per heavy atom. The molecule has 0 amide bonds. The fourth-order valence-electron chi connectivity index (χ4n) is 4.90. The van der Waals surface area contributed by atoms with Crippen molar-refractivity contribution in [3.8, 4) is 11.1 Å². The number of pyridine rings is 1. The van der Waals surface area contributed by atoms with Gasteiger partial charge in [-0.1, -0.05) is 0 Å². The third kappa shape index (κ3) is 2.54. The first kappa shape index (κ1) is 15.0. The van der Waals surface area contributed by atoms with Gasteiger partial charge in [0.2, 0.25) is 0 Å². The predicted molar refractivity (Wildman–Crippen MR) is 97.4 cm³/mol. The number of fused-ring (bicyclic) bond motifs is 1. The first-order valence-electron chi connectivity index (χ1n) is 9.14. The van der Waals surface area contributed by atoms with Gasteiger partial charge in [0, 0.05) is 42.8 Å². The molecule has 0 atom stereocenters. The fraction of sp³-hybridized carbons (Fsp3) is 0.450. The lowest BCUT2D eigenvalue weighted by Gasteiger charge is -2.52. The molecule has 0 N–H and O–H groups in total. The molecule has 1 saturated carbocycles. The lowest BCUT2D eigenvalue weighted by Crippen LogP contribution is -2.55. The summed E-state index contributed by atoms with van der Waals surface area (Å²) in [5.41, 5.74) is 5.45. The van der Waals surface area contributed by atoms with Gasteiger partial charge in [-0.15, -0.1) is 0 Å². The van der Waals surface area contributed by atoms with Gasteiger partial charge in [0.1, 0.15) is 6.33 Å². The molecule has 4 heterocycles.